The van der Waals surface area contributed by atoms with Crippen LogP contribution >= 0.6 is 11.6 Å². The van der Waals surface area contributed by atoms with Gasteiger partial charge in [0.1, 0.15) is 0 Å². The molecule has 1 N–H and O–H groups in total. The fourth-order valence-corrected chi connectivity index (χ4v) is 4.11. The van der Waals surface area contributed by atoms with Crippen LogP contribution in [-0.2, 0) is 16.1 Å². The van der Waals surface area contributed by atoms with Gasteiger partial charge in [-0.25, -0.2) is 9.48 Å². The van der Waals surface area contributed by atoms with Gasteiger partial charge in [-0.3, -0.25) is 14.2 Å². The van der Waals surface area contributed by atoms with E-state index in [9.17, 15) is 14.4 Å². The van der Waals surface area contributed by atoms with Crippen molar-refractivity contribution in [1.82, 2.24) is 19.7 Å². The van der Waals surface area contributed by atoms with Crippen molar-refractivity contribution in [3.8, 4) is 11.6 Å². The van der Waals surface area contributed by atoms with Crippen molar-refractivity contribution in [2.45, 2.75) is 31.8 Å². The maximum atomic E-state index is 12.8. The van der Waals surface area contributed by atoms with Crippen molar-refractivity contribution < 1.29 is 14.0 Å². The summed E-state index contributed by atoms with van der Waals surface area (Å²) in [6, 6.07) is 10.6. The SMILES string of the molecule is O=C(NCCn1nc(-c2ccco2)n(C2CC2)c1=O)C1CC(=O)N(c2ccc(Cl)cc2)C1. The monoisotopic (exact) mass is 455 g/mol. The van der Waals surface area contributed by atoms with Gasteiger partial charge in [-0.1, -0.05) is 11.6 Å². The summed E-state index contributed by atoms with van der Waals surface area (Å²) >= 11 is 5.91. The Bertz CT molecular complexity index is 1190. The third kappa shape index (κ3) is 3.95. The van der Waals surface area contributed by atoms with E-state index in [1.54, 1.807) is 52.1 Å². The first kappa shape index (κ1) is 20.6. The summed E-state index contributed by atoms with van der Waals surface area (Å²) in [6.07, 6.45) is 3.58. The number of nitrogens with one attached hydrogen (secondary N) is 1. The van der Waals surface area contributed by atoms with E-state index in [0.717, 1.165) is 18.5 Å². The molecule has 2 fully saturated rings. The Morgan fingerprint density at radius 3 is 2.66 bits per heavy atom. The van der Waals surface area contributed by atoms with Gasteiger partial charge in [0.15, 0.2) is 5.76 Å². The van der Waals surface area contributed by atoms with Crippen molar-refractivity contribution in [1.29, 1.82) is 0 Å². The van der Waals surface area contributed by atoms with Crippen LogP contribution in [0.5, 0.6) is 0 Å². The zero-order valence-corrected chi connectivity index (χ0v) is 18.0. The number of benzene rings is 1. The van der Waals surface area contributed by atoms with Gasteiger partial charge in [-0.2, -0.15) is 0 Å². The molecule has 9 nitrogen and oxygen atoms in total. The summed E-state index contributed by atoms with van der Waals surface area (Å²) in [7, 11) is 0. The topological polar surface area (TPSA) is 102 Å². The smallest absolute Gasteiger partial charge is 0.346 e. The van der Waals surface area contributed by atoms with E-state index in [-0.39, 0.29) is 43.1 Å². The average molecular weight is 456 g/mol. The largest absolute Gasteiger partial charge is 0.461 e. The Balaban J connectivity index is 1.21. The van der Waals surface area contributed by atoms with Crippen LogP contribution in [0.3, 0.4) is 0 Å². The van der Waals surface area contributed by atoms with E-state index in [4.69, 9.17) is 16.0 Å². The normalized spacial score (nSPS) is 18.3. The number of carbonyl (C=O) groups excluding carboxylic acids is 2. The van der Waals surface area contributed by atoms with Gasteiger partial charge in [-0.05, 0) is 49.2 Å². The maximum absolute atomic E-state index is 12.8. The molecule has 166 valence electrons. The standard InChI is InChI=1S/C22H22ClN5O4/c23-15-3-5-16(6-4-15)26-13-14(12-19(26)29)21(30)24-9-10-27-22(31)28(17-7-8-17)20(25-27)18-2-1-11-32-18/h1-6,11,14,17H,7-10,12-13H2,(H,24,30). The van der Waals surface area contributed by atoms with Crippen LogP contribution in [0.1, 0.15) is 25.3 Å². The summed E-state index contributed by atoms with van der Waals surface area (Å²) in [4.78, 5) is 39.4. The Morgan fingerprint density at radius 2 is 1.97 bits per heavy atom. The lowest BCUT2D eigenvalue weighted by atomic mass is 10.1. The zero-order valence-electron chi connectivity index (χ0n) is 17.2. The molecule has 0 bridgehead atoms. The molecular formula is C22H22ClN5O4. The number of furan rings is 1. The van der Waals surface area contributed by atoms with Crippen LogP contribution in [0.25, 0.3) is 11.6 Å². The second kappa shape index (κ2) is 8.31. The minimum atomic E-state index is -0.447. The van der Waals surface area contributed by atoms with Crippen molar-refractivity contribution in [3.63, 3.8) is 0 Å². The molecule has 5 rings (SSSR count). The summed E-state index contributed by atoms with van der Waals surface area (Å²) in [5, 5.41) is 7.85. The molecule has 3 aromatic rings. The Labute approximate surface area is 188 Å². The number of rotatable bonds is 7. The van der Waals surface area contributed by atoms with Crippen LogP contribution in [0.2, 0.25) is 5.02 Å². The Morgan fingerprint density at radius 1 is 1.19 bits per heavy atom. The number of hydrogen-bond donors (Lipinski definition) is 1. The van der Waals surface area contributed by atoms with E-state index in [1.807, 2.05) is 0 Å². The minimum absolute atomic E-state index is 0.102. The summed E-state index contributed by atoms with van der Waals surface area (Å²) < 4.78 is 8.45. The molecule has 1 unspecified atom stereocenters. The number of aromatic nitrogens is 3. The first-order valence-corrected chi connectivity index (χ1v) is 11.0. The van der Waals surface area contributed by atoms with Crippen LogP contribution in [-0.4, -0.2) is 39.3 Å². The molecule has 1 atom stereocenters. The first-order chi connectivity index (χ1) is 15.5. The molecular weight excluding hydrogens is 434 g/mol. The highest BCUT2D eigenvalue weighted by atomic mass is 35.5. The highest BCUT2D eigenvalue weighted by Crippen LogP contribution is 2.36. The lowest BCUT2D eigenvalue weighted by molar-refractivity contribution is -0.126. The number of hydrogen-bond acceptors (Lipinski definition) is 5. The van der Waals surface area contributed by atoms with Gasteiger partial charge in [0, 0.05) is 36.3 Å². The highest BCUT2D eigenvalue weighted by Gasteiger charge is 2.35. The third-order valence-corrected chi connectivity index (χ3v) is 6.03. The molecule has 1 aliphatic carbocycles. The quantitative estimate of drug-likeness (QED) is 0.589. The van der Waals surface area contributed by atoms with Crippen molar-refractivity contribution in [2.24, 2.45) is 5.92 Å². The summed E-state index contributed by atoms with van der Waals surface area (Å²) in [5.74, 6) is 0.292. The van der Waals surface area contributed by atoms with Crippen molar-refractivity contribution in [2.75, 3.05) is 18.0 Å². The maximum Gasteiger partial charge on any atom is 0.346 e. The minimum Gasteiger partial charge on any atom is -0.461 e. The number of carbonyl (C=O) groups is 2. The molecule has 1 saturated heterocycles. The van der Waals surface area contributed by atoms with Crippen LogP contribution in [0.4, 0.5) is 5.69 Å². The lowest BCUT2D eigenvalue weighted by Crippen LogP contribution is -2.36. The van der Waals surface area contributed by atoms with E-state index in [1.165, 1.54) is 4.68 Å². The van der Waals surface area contributed by atoms with Gasteiger partial charge < -0.3 is 14.6 Å². The van der Waals surface area contributed by atoms with Crippen LogP contribution < -0.4 is 15.9 Å². The average Bonchev–Trinajstić information content (AvgIpc) is 3.18. The van der Waals surface area contributed by atoms with E-state index in [0.29, 0.717) is 23.2 Å². The second-order valence-electron chi connectivity index (χ2n) is 8.08. The van der Waals surface area contributed by atoms with Crippen molar-refractivity contribution in [3.05, 3.63) is 58.2 Å². The molecule has 0 radical (unpaired) electrons. The molecule has 0 spiro atoms. The Hall–Kier alpha value is -3.33. The molecule has 2 aromatic heterocycles. The molecule has 2 aliphatic rings. The van der Waals surface area contributed by atoms with E-state index < -0.39 is 5.92 Å². The lowest BCUT2D eigenvalue weighted by Gasteiger charge is -2.16. The summed E-state index contributed by atoms with van der Waals surface area (Å²) in [5.41, 5.74) is 0.510. The number of amides is 2. The molecule has 1 saturated carbocycles. The number of anilines is 1. The Kier molecular flexibility index (Phi) is 5.34. The number of nitrogens with zero attached hydrogens (tertiary/aromatic N) is 4. The molecule has 1 aromatic carbocycles. The fourth-order valence-electron chi connectivity index (χ4n) is 3.98. The highest BCUT2D eigenvalue weighted by molar-refractivity contribution is 6.30. The molecule has 1 aliphatic heterocycles. The third-order valence-electron chi connectivity index (χ3n) is 5.78. The fraction of sp³-hybridized carbons (Fsp3) is 0.364. The second-order valence-corrected chi connectivity index (χ2v) is 8.52. The van der Waals surface area contributed by atoms with Gasteiger partial charge in [0.2, 0.25) is 17.6 Å². The summed E-state index contributed by atoms with van der Waals surface area (Å²) in [6.45, 7) is 0.786. The number of halogens is 1. The van der Waals surface area contributed by atoms with Gasteiger partial charge >= 0.3 is 5.69 Å². The molecule has 3 heterocycles. The van der Waals surface area contributed by atoms with Gasteiger partial charge in [0.25, 0.3) is 0 Å². The zero-order chi connectivity index (χ0) is 22.2. The predicted octanol–water partition coefficient (Wildman–Crippen LogP) is 2.46. The van der Waals surface area contributed by atoms with Crippen LogP contribution in [0, 0.1) is 5.92 Å². The van der Waals surface area contributed by atoms with E-state index >= 15 is 0 Å². The van der Waals surface area contributed by atoms with Crippen molar-refractivity contribution >= 4 is 29.1 Å². The first-order valence-electron chi connectivity index (χ1n) is 10.6. The van der Waals surface area contributed by atoms with E-state index in [2.05, 4.69) is 10.4 Å². The molecule has 32 heavy (non-hydrogen) atoms. The predicted molar refractivity (Wildman–Crippen MR) is 117 cm³/mol. The van der Waals surface area contributed by atoms with Gasteiger partial charge in [-0.15, -0.1) is 5.10 Å². The molecule has 2 amide bonds. The molecule has 10 heteroatoms. The van der Waals surface area contributed by atoms with Crippen LogP contribution in [0.15, 0.2) is 51.9 Å². The van der Waals surface area contributed by atoms with Gasteiger partial charge in [0.05, 0.1) is 18.7 Å².